The summed E-state index contributed by atoms with van der Waals surface area (Å²) in [6.45, 7) is 2.15. The Hall–Kier alpha value is -1.09. The standard InChI is InChI=1S/C13H20FNO/c1-3-4-5-9-12(15)10-7-6-8-11(14)13(10)16-2/h6-8,12H,3-5,9,15H2,1-2H3/t12-/m1/s1. The van der Waals surface area contributed by atoms with Crippen LogP contribution in [0, 0.1) is 5.82 Å². The lowest BCUT2D eigenvalue weighted by Crippen LogP contribution is -2.12. The van der Waals surface area contributed by atoms with Crippen LogP contribution in [-0.2, 0) is 0 Å². The smallest absolute Gasteiger partial charge is 0.165 e. The zero-order valence-electron chi connectivity index (χ0n) is 10.0. The normalized spacial score (nSPS) is 12.5. The maximum absolute atomic E-state index is 13.4. The molecule has 0 amide bonds. The second-order valence-electron chi connectivity index (χ2n) is 3.96. The van der Waals surface area contributed by atoms with Crippen LogP contribution in [-0.4, -0.2) is 7.11 Å². The van der Waals surface area contributed by atoms with Gasteiger partial charge in [0.05, 0.1) is 7.11 Å². The van der Waals surface area contributed by atoms with E-state index in [1.165, 1.54) is 13.2 Å². The number of hydrogen-bond acceptors (Lipinski definition) is 2. The summed E-state index contributed by atoms with van der Waals surface area (Å²) in [4.78, 5) is 0. The lowest BCUT2D eigenvalue weighted by atomic mass is 10.0. The highest BCUT2D eigenvalue weighted by atomic mass is 19.1. The summed E-state index contributed by atoms with van der Waals surface area (Å²) >= 11 is 0. The Morgan fingerprint density at radius 2 is 2.12 bits per heavy atom. The molecule has 2 nitrogen and oxygen atoms in total. The highest BCUT2D eigenvalue weighted by Gasteiger charge is 2.14. The number of benzene rings is 1. The van der Waals surface area contributed by atoms with Crippen LogP contribution in [0.1, 0.15) is 44.2 Å². The molecule has 3 heteroatoms. The number of rotatable bonds is 6. The number of ether oxygens (including phenoxy) is 1. The van der Waals surface area contributed by atoms with Crippen LogP contribution >= 0.6 is 0 Å². The first kappa shape index (κ1) is 13.0. The van der Waals surface area contributed by atoms with Crippen molar-refractivity contribution in [2.24, 2.45) is 5.73 Å². The summed E-state index contributed by atoms with van der Waals surface area (Å²) in [6.07, 6.45) is 4.25. The van der Waals surface area contributed by atoms with Crippen molar-refractivity contribution in [1.29, 1.82) is 0 Å². The number of para-hydroxylation sites is 1. The van der Waals surface area contributed by atoms with Crippen LogP contribution in [0.25, 0.3) is 0 Å². The highest BCUT2D eigenvalue weighted by molar-refractivity contribution is 5.37. The number of unbranched alkanes of at least 4 members (excludes halogenated alkanes) is 2. The van der Waals surface area contributed by atoms with Crippen LogP contribution in [0.4, 0.5) is 4.39 Å². The molecule has 1 rings (SSSR count). The molecule has 0 saturated heterocycles. The first-order chi connectivity index (χ1) is 7.70. The van der Waals surface area contributed by atoms with Gasteiger partial charge >= 0.3 is 0 Å². The Bertz CT molecular complexity index is 328. The van der Waals surface area contributed by atoms with Gasteiger partial charge in [0.1, 0.15) is 0 Å². The van der Waals surface area contributed by atoms with Gasteiger partial charge in [0.2, 0.25) is 0 Å². The lowest BCUT2D eigenvalue weighted by molar-refractivity contribution is 0.376. The number of halogens is 1. The zero-order chi connectivity index (χ0) is 12.0. The van der Waals surface area contributed by atoms with Crippen LogP contribution in [0.15, 0.2) is 18.2 Å². The van der Waals surface area contributed by atoms with E-state index in [1.807, 2.05) is 6.07 Å². The summed E-state index contributed by atoms with van der Waals surface area (Å²) in [6, 6.07) is 4.75. The topological polar surface area (TPSA) is 35.2 Å². The molecule has 16 heavy (non-hydrogen) atoms. The van der Waals surface area contributed by atoms with Gasteiger partial charge in [-0.1, -0.05) is 38.3 Å². The van der Waals surface area contributed by atoms with Crippen LogP contribution in [0.5, 0.6) is 5.75 Å². The van der Waals surface area contributed by atoms with Crippen LogP contribution in [0.2, 0.25) is 0 Å². The van der Waals surface area contributed by atoms with Crippen molar-refractivity contribution in [3.63, 3.8) is 0 Å². The lowest BCUT2D eigenvalue weighted by Gasteiger charge is -2.15. The van der Waals surface area contributed by atoms with E-state index in [2.05, 4.69) is 6.92 Å². The molecule has 0 spiro atoms. The number of methoxy groups -OCH3 is 1. The molecule has 0 aliphatic heterocycles. The third-order valence-electron chi connectivity index (χ3n) is 2.72. The Balaban J connectivity index is 2.74. The average molecular weight is 225 g/mol. The van der Waals surface area contributed by atoms with E-state index in [0.717, 1.165) is 31.2 Å². The van der Waals surface area contributed by atoms with Gasteiger partial charge in [0, 0.05) is 11.6 Å². The first-order valence-electron chi connectivity index (χ1n) is 5.78. The van der Waals surface area contributed by atoms with E-state index in [0.29, 0.717) is 0 Å². The maximum Gasteiger partial charge on any atom is 0.165 e. The van der Waals surface area contributed by atoms with Crippen LogP contribution in [0.3, 0.4) is 0 Å². The fraction of sp³-hybridized carbons (Fsp3) is 0.538. The monoisotopic (exact) mass is 225 g/mol. The van der Waals surface area contributed by atoms with E-state index < -0.39 is 0 Å². The number of hydrogen-bond donors (Lipinski definition) is 1. The van der Waals surface area contributed by atoms with Crippen molar-refractivity contribution in [3.05, 3.63) is 29.6 Å². The molecular formula is C13H20FNO. The van der Waals surface area contributed by atoms with Crippen LogP contribution < -0.4 is 10.5 Å². The molecule has 0 saturated carbocycles. The van der Waals surface area contributed by atoms with Gasteiger partial charge in [-0.05, 0) is 12.5 Å². The minimum absolute atomic E-state index is 0.141. The molecule has 90 valence electrons. The second kappa shape index (κ2) is 6.48. The molecule has 0 aromatic heterocycles. The molecule has 0 aliphatic rings. The molecule has 1 aromatic carbocycles. The molecule has 1 aromatic rings. The van der Waals surface area contributed by atoms with Crippen molar-refractivity contribution in [3.8, 4) is 5.75 Å². The van der Waals surface area contributed by atoms with Crippen molar-refractivity contribution >= 4 is 0 Å². The predicted octanol–water partition coefficient (Wildman–Crippen LogP) is 3.41. The van der Waals surface area contributed by atoms with Gasteiger partial charge in [-0.25, -0.2) is 4.39 Å². The summed E-state index contributed by atoms with van der Waals surface area (Å²) in [7, 11) is 1.47. The summed E-state index contributed by atoms with van der Waals surface area (Å²) in [5, 5.41) is 0. The quantitative estimate of drug-likeness (QED) is 0.753. The van der Waals surface area contributed by atoms with Gasteiger partial charge in [-0.15, -0.1) is 0 Å². The van der Waals surface area contributed by atoms with E-state index >= 15 is 0 Å². The molecule has 1 atom stereocenters. The Kier molecular flexibility index (Phi) is 5.26. The summed E-state index contributed by atoms with van der Waals surface area (Å²) in [5.74, 6) is -0.0579. The maximum atomic E-state index is 13.4. The summed E-state index contributed by atoms with van der Waals surface area (Å²) < 4.78 is 18.5. The van der Waals surface area contributed by atoms with Crippen molar-refractivity contribution in [2.75, 3.05) is 7.11 Å². The van der Waals surface area contributed by atoms with Gasteiger partial charge < -0.3 is 10.5 Å². The molecule has 0 aliphatic carbocycles. The molecule has 0 unspecified atom stereocenters. The van der Waals surface area contributed by atoms with E-state index in [9.17, 15) is 4.39 Å². The van der Waals surface area contributed by atoms with Gasteiger partial charge in [0.25, 0.3) is 0 Å². The third-order valence-corrected chi connectivity index (χ3v) is 2.72. The zero-order valence-corrected chi connectivity index (χ0v) is 10.0. The minimum atomic E-state index is -0.342. The Morgan fingerprint density at radius 3 is 2.75 bits per heavy atom. The Morgan fingerprint density at radius 1 is 1.38 bits per heavy atom. The van der Waals surface area contributed by atoms with Crippen molar-refractivity contribution in [1.82, 2.24) is 0 Å². The second-order valence-corrected chi connectivity index (χ2v) is 3.96. The fourth-order valence-corrected chi connectivity index (χ4v) is 1.80. The average Bonchev–Trinajstić information content (AvgIpc) is 2.29. The molecular weight excluding hydrogens is 205 g/mol. The van der Waals surface area contributed by atoms with E-state index in [4.69, 9.17) is 10.5 Å². The van der Waals surface area contributed by atoms with Gasteiger partial charge in [-0.3, -0.25) is 0 Å². The largest absolute Gasteiger partial charge is 0.493 e. The predicted molar refractivity (Wildman–Crippen MR) is 64.0 cm³/mol. The third kappa shape index (κ3) is 3.20. The number of nitrogens with two attached hydrogens (primary N) is 1. The molecule has 2 N–H and O–H groups in total. The minimum Gasteiger partial charge on any atom is -0.493 e. The summed E-state index contributed by atoms with van der Waals surface area (Å²) in [5.41, 5.74) is 6.80. The fourth-order valence-electron chi connectivity index (χ4n) is 1.80. The molecule has 0 heterocycles. The first-order valence-corrected chi connectivity index (χ1v) is 5.78. The molecule has 0 bridgehead atoms. The van der Waals surface area contributed by atoms with E-state index in [1.54, 1.807) is 6.07 Å². The van der Waals surface area contributed by atoms with E-state index in [-0.39, 0.29) is 17.6 Å². The van der Waals surface area contributed by atoms with Crippen molar-refractivity contribution < 1.29 is 9.13 Å². The van der Waals surface area contributed by atoms with Crippen molar-refractivity contribution in [2.45, 2.75) is 38.6 Å². The highest BCUT2D eigenvalue weighted by Crippen LogP contribution is 2.29. The van der Waals surface area contributed by atoms with Gasteiger partial charge in [-0.2, -0.15) is 0 Å². The van der Waals surface area contributed by atoms with Gasteiger partial charge in [0.15, 0.2) is 11.6 Å². The Labute approximate surface area is 96.6 Å². The molecule has 0 fully saturated rings. The SMILES string of the molecule is CCCCC[C@@H](N)c1cccc(F)c1OC. The molecule has 0 radical (unpaired) electrons.